The molecule has 14 heavy (non-hydrogen) atoms. The van der Waals surface area contributed by atoms with Gasteiger partial charge in [0.2, 0.25) is 0 Å². The van der Waals surface area contributed by atoms with Crippen LogP contribution in [0.15, 0.2) is 24.3 Å². The fraction of sp³-hybridized carbons (Fsp3) is 0.538. The third-order valence-corrected chi connectivity index (χ3v) is 3.20. The maximum absolute atomic E-state index is 2.57. The molecule has 1 saturated heterocycles. The summed E-state index contributed by atoms with van der Waals surface area (Å²) in [6, 6.07) is 9.68. The predicted molar refractivity (Wildman–Crippen MR) is 60.3 cm³/mol. The fourth-order valence-electron chi connectivity index (χ4n) is 2.16. The Hall–Kier alpha value is -0.820. The zero-order chi connectivity index (χ0) is 9.97. The van der Waals surface area contributed by atoms with Crippen LogP contribution in [-0.4, -0.2) is 17.5 Å². The summed E-state index contributed by atoms with van der Waals surface area (Å²) in [5.74, 6) is 0. The van der Waals surface area contributed by atoms with Crippen molar-refractivity contribution in [2.75, 3.05) is 6.54 Å². The molecule has 1 heteroatoms. The summed E-state index contributed by atoms with van der Waals surface area (Å²) in [6.07, 6.45) is 2.74. The van der Waals surface area contributed by atoms with Crippen molar-refractivity contribution in [1.29, 1.82) is 0 Å². The van der Waals surface area contributed by atoms with Crippen LogP contribution >= 0.6 is 0 Å². The van der Waals surface area contributed by atoms with Crippen molar-refractivity contribution in [3.63, 3.8) is 0 Å². The zero-order valence-corrected chi connectivity index (χ0v) is 9.16. The lowest BCUT2D eigenvalue weighted by molar-refractivity contribution is 0.260. The number of rotatable bonds is 2. The highest BCUT2D eigenvalue weighted by atomic mass is 15.2. The first-order chi connectivity index (χ1) is 6.75. The monoisotopic (exact) mass is 189 g/mol. The van der Waals surface area contributed by atoms with Crippen molar-refractivity contribution < 1.29 is 0 Å². The molecule has 0 saturated carbocycles. The summed E-state index contributed by atoms with van der Waals surface area (Å²) in [5.41, 5.74) is 2.80. The number of hydrogen-bond donors (Lipinski definition) is 0. The average molecular weight is 189 g/mol. The van der Waals surface area contributed by atoms with E-state index >= 15 is 0 Å². The van der Waals surface area contributed by atoms with Gasteiger partial charge in [0.25, 0.3) is 0 Å². The smallest absolute Gasteiger partial charge is 0.0236 e. The minimum absolute atomic E-state index is 0.774. The van der Waals surface area contributed by atoms with Crippen molar-refractivity contribution in [3.05, 3.63) is 35.4 Å². The topological polar surface area (TPSA) is 3.24 Å². The van der Waals surface area contributed by atoms with E-state index in [1.807, 2.05) is 0 Å². The van der Waals surface area contributed by atoms with Crippen LogP contribution in [0.2, 0.25) is 0 Å². The largest absolute Gasteiger partial charge is 0.296 e. The van der Waals surface area contributed by atoms with Gasteiger partial charge in [-0.2, -0.15) is 0 Å². The Labute approximate surface area is 86.7 Å². The van der Waals surface area contributed by atoms with Crippen LogP contribution in [0.1, 0.15) is 30.9 Å². The summed E-state index contributed by atoms with van der Waals surface area (Å²) in [7, 11) is 0. The first kappa shape index (κ1) is 9.72. The van der Waals surface area contributed by atoms with Crippen molar-refractivity contribution in [3.8, 4) is 0 Å². The van der Waals surface area contributed by atoms with Crippen LogP contribution in [0.25, 0.3) is 0 Å². The third kappa shape index (κ3) is 2.16. The molecule has 1 heterocycles. The highest BCUT2D eigenvalue weighted by Gasteiger charge is 2.19. The van der Waals surface area contributed by atoms with Crippen LogP contribution in [0.3, 0.4) is 0 Å². The number of nitrogens with zero attached hydrogens (tertiary/aromatic N) is 1. The minimum atomic E-state index is 0.774. The average Bonchev–Trinajstić information content (AvgIpc) is 2.56. The van der Waals surface area contributed by atoms with E-state index in [0.717, 1.165) is 12.6 Å². The van der Waals surface area contributed by atoms with Crippen LogP contribution in [-0.2, 0) is 6.54 Å². The highest BCUT2D eigenvalue weighted by molar-refractivity contribution is 5.21. The lowest BCUT2D eigenvalue weighted by atomic mass is 10.1. The van der Waals surface area contributed by atoms with Crippen LogP contribution < -0.4 is 0 Å². The first-order valence-corrected chi connectivity index (χ1v) is 5.55. The third-order valence-electron chi connectivity index (χ3n) is 3.20. The summed E-state index contributed by atoms with van der Waals surface area (Å²) in [4.78, 5) is 2.57. The Morgan fingerprint density at radius 2 is 2.00 bits per heavy atom. The van der Waals surface area contributed by atoms with E-state index in [-0.39, 0.29) is 0 Å². The van der Waals surface area contributed by atoms with Gasteiger partial charge in [-0.25, -0.2) is 0 Å². The molecule has 1 atom stereocenters. The van der Waals surface area contributed by atoms with Gasteiger partial charge in [-0.15, -0.1) is 0 Å². The van der Waals surface area contributed by atoms with E-state index in [9.17, 15) is 0 Å². The van der Waals surface area contributed by atoms with Gasteiger partial charge in [0.05, 0.1) is 0 Å². The number of benzene rings is 1. The van der Waals surface area contributed by atoms with E-state index in [1.54, 1.807) is 0 Å². The number of likely N-dealkylation sites (tertiary alicyclic amines) is 1. The summed E-state index contributed by atoms with van der Waals surface area (Å²) < 4.78 is 0. The predicted octanol–water partition coefficient (Wildman–Crippen LogP) is 2.98. The van der Waals surface area contributed by atoms with Gasteiger partial charge in [-0.3, -0.25) is 4.90 Å². The van der Waals surface area contributed by atoms with Crippen LogP contribution in [0.5, 0.6) is 0 Å². The molecule has 0 amide bonds. The SMILES string of the molecule is Cc1ccc(CN2CCCC2C)cc1. The molecular weight excluding hydrogens is 170 g/mol. The van der Waals surface area contributed by atoms with E-state index in [2.05, 4.69) is 43.0 Å². The molecule has 1 fully saturated rings. The van der Waals surface area contributed by atoms with Gasteiger partial charge < -0.3 is 0 Å². The molecule has 1 aromatic rings. The van der Waals surface area contributed by atoms with Gasteiger partial charge in [0, 0.05) is 12.6 Å². The molecule has 1 aliphatic heterocycles. The normalized spacial score (nSPS) is 22.9. The second-order valence-electron chi connectivity index (χ2n) is 4.45. The van der Waals surface area contributed by atoms with E-state index in [4.69, 9.17) is 0 Å². The second-order valence-corrected chi connectivity index (χ2v) is 4.45. The standard InChI is InChI=1S/C13H19N/c1-11-5-7-13(8-6-11)10-14-9-3-4-12(14)2/h5-8,12H,3-4,9-10H2,1-2H3. The molecule has 0 bridgehead atoms. The molecule has 0 spiro atoms. The zero-order valence-electron chi connectivity index (χ0n) is 9.16. The van der Waals surface area contributed by atoms with Gasteiger partial charge in [-0.1, -0.05) is 29.8 Å². The molecule has 0 aliphatic carbocycles. The van der Waals surface area contributed by atoms with Gasteiger partial charge in [0.15, 0.2) is 0 Å². The molecule has 0 aromatic heterocycles. The van der Waals surface area contributed by atoms with Gasteiger partial charge in [-0.05, 0) is 38.8 Å². The lowest BCUT2D eigenvalue weighted by Crippen LogP contribution is -2.26. The maximum atomic E-state index is 2.57. The molecule has 1 aliphatic rings. The quantitative estimate of drug-likeness (QED) is 0.691. The van der Waals surface area contributed by atoms with E-state index in [0.29, 0.717) is 0 Å². The van der Waals surface area contributed by atoms with Crippen molar-refractivity contribution in [2.24, 2.45) is 0 Å². The molecular formula is C13H19N. The first-order valence-electron chi connectivity index (χ1n) is 5.55. The highest BCUT2D eigenvalue weighted by Crippen LogP contribution is 2.19. The fourth-order valence-corrected chi connectivity index (χ4v) is 2.16. The Balaban J connectivity index is 2.00. The molecule has 0 N–H and O–H groups in total. The Bertz CT molecular complexity index is 289. The molecule has 2 rings (SSSR count). The lowest BCUT2D eigenvalue weighted by Gasteiger charge is -2.20. The maximum Gasteiger partial charge on any atom is 0.0236 e. The molecule has 1 unspecified atom stereocenters. The van der Waals surface area contributed by atoms with Gasteiger partial charge in [0.1, 0.15) is 0 Å². The van der Waals surface area contributed by atoms with Crippen LogP contribution in [0.4, 0.5) is 0 Å². The summed E-state index contributed by atoms with van der Waals surface area (Å²) >= 11 is 0. The van der Waals surface area contributed by atoms with Crippen LogP contribution in [0, 0.1) is 6.92 Å². The molecule has 0 radical (unpaired) electrons. The van der Waals surface area contributed by atoms with E-state index in [1.165, 1.54) is 30.5 Å². The minimum Gasteiger partial charge on any atom is -0.296 e. The summed E-state index contributed by atoms with van der Waals surface area (Å²) in [6.45, 7) is 6.87. The van der Waals surface area contributed by atoms with Crippen molar-refractivity contribution >= 4 is 0 Å². The van der Waals surface area contributed by atoms with E-state index < -0.39 is 0 Å². The Morgan fingerprint density at radius 3 is 2.57 bits per heavy atom. The molecule has 1 aromatic carbocycles. The second kappa shape index (κ2) is 4.14. The molecule has 76 valence electrons. The van der Waals surface area contributed by atoms with Crippen molar-refractivity contribution in [2.45, 2.75) is 39.3 Å². The molecule has 1 nitrogen and oxygen atoms in total. The number of aryl methyl sites for hydroxylation is 1. The Morgan fingerprint density at radius 1 is 1.29 bits per heavy atom. The Kier molecular flexibility index (Phi) is 2.87. The number of hydrogen-bond acceptors (Lipinski definition) is 1. The summed E-state index contributed by atoms with van der Waals surface area (Å²) in [5, 5.41) is 0. The van der Waals surface area contributed by atoms with Gasteiger partial charge >= 0.3 is 0 Å². The van der Waals surface area contributed by atoms with Crippen molar-refractivity contribution in [1.82, 2.24) is 4.90 Å².